The highest BCUT2D eigenvalue weighted by Gasteiger charge is 2.46. The second-order valence-electron chi connectivity index (χ2n) is 5.41. The van der Waals surface area contributed by atoms with Gasteiger partial charge in [-0.2, -0.15) is 0 Å². The monoisotopic (exact) mass is 261 g/mol. The van der Waals surface area contributed by atoms with Gasteiger partial charge < -0.3 is 10.0 Å². The summed E-state index contributed by atoms with van der Waals surface area (Å²) in [7, 11) is 0. The largest absolute Gasteiger partial charge is 0.393 e. The molecule has 3 heterocycles. The quantitative estimate of drug-likeness (QED) is 0.850. The van der Waals surface area contributed by atoms with Crippen molar-refractivity contribution in [3.05, 3.63) is 17.3 Å². The van der Waals surface area contributed by atoms with Crippen molar-refractivity contribution in [3.8, 4) is 0 Å². The van der Waals surface area contributed by atoms with Gasteiger partial charge >= 0.3 is 0 Å². The third-order valence-electron chi connectivity index (χ3n) is 4.26. The molecular weight excluding hydrogens is 246 g/mol. The van der Waals surface area contributed by atoms with Crippen LogP contribution >= 0.6 is 11.3 Å². The molecule has 4 rings (SSSR count). The van der Waals surface area contributed by atoms with Crippen LogP contribution in [0.15, 0.2) is 12.4 Å². The van der Waals surface area contributed by atoms with Gasteiger partial charge in [0.2, 0.25) is 0 Å². The lowest BCUT2D eigenvalue weighted by molar-refractivity contribution is -0.00398. The second-order valence-corrected chi connectivity index (χ2v) is 6.64. The Morgan fingerprint density at radius 1 is 1.39 bits per heavy atom. The Morgan fingerprint density at radius 2 is 2.28 bits per heavy atom. The summed E-state index contributed by atoms with van der Waals surface area (Å²) in [5.74, 6) is 2.16. The van der Waals surface area contributed by atoms with Crippen LogP contribution in [-0.2, 0) is 0 Å². The van der Waals surface area contributed by atoms with E-state index in [1.807, 2.05) is 0 Å². The van der Waals surface area contributed by atoms with E-state index in [0.29, 0.717) is 11.8 Å². The molecule has 3 atom stereocenters. The third-order valence-corrected chi connectivity index (χ3v) is 5.22. The molecule has 94 valence electrons. The molecule has 5 heteroatoms. The Hall–Kier alpha value is -1.20. The molecule has 0 amide bonds. The normalized spacial score (nSPS) is 30.6. The summed E-state index contributed by atoms with van der Waals surface area (Å²) in [6.45, 7) is 4.07. The van der Waals surface area contributed by atoms with Crippen LogP contribution in [0.5, 0.6) is 0 Å². The highest BCUT2D eigenvalue weighted by molar-refractivity contribution is 7.18. The number of aromatic nitrogens is 2. The van der Waals surface area contributed by atoms with Crippen molar-refractivity contribution < 1.29 is 5.11 Å². The minimum absolute atomic E-state index is 0.0958. The van der Waals surface area contributed by atoms with Crippen LogP contribution in [0.4, 0.5) is 5.82 Å². The van der Waals surface area contributed by atoms with Gasteiger partial charge in [-0.05, 0) is 25.3 Å². The first-order valence-corrected chi connectivity index (χ1v) is 7.18. The van der Waals surface area contributed by atoms with E-state index in [9.17, 15) is 5.11 Å². The van der Waals surface area contributed by atoms with Crippen LogP contribution in [0, 0.1) is 18.8 Å². The first-order valence-electron chi connectivity index (χ1n) is 6.36. The Balaban J connectivity index is 1.74. The van der Waals surface area contributed by atoms with Crippen LogP contribution in [0.3, 0.4) is 0 Å². The summed E-state index contributed by atoms with van der Waals surface area (Å²) in [5.41, 5.74) is 0. The van der Waals surface area contributed by atoms with Crippen LogP contribution in [0.1, 0.15) is 11.3 Å². The number of aliphatic hydroxyl groups excluding tert-OH is 1. The third kappa shape index (κ3) is 1.40. The number of anilines is 1. The highest BCUT2D eigenvalue weighted by atomic mass is 32.1. The molecule has 0 spiro atoms. The van der Waals surface area contributed by atoms with Gasteiger partial charge in [0.1, 0.15) is 17.0 Å². The zero-order chi connectivity index (χ0) is 12.3. The van der Waals surface area contributed by atoms with Crippen molar-refractivity contribution in [2.45, 2.75) is 19.4 Å². The molecule has 1 N–H and O–H groups in total. The number of hydrogen-bond acceptors (Lipinski definition) is 5. The number of aliphatic hydroxyl groups is 1. The number of nitrogens with zero attached hydrogens (tertiary/aromatic N) is 3. The maximum absolute atomic E-state index is 9.74. The van der Waals surface area contributed by atoms with Gasteiger partial charge in [-0.1, -0.05) is 0 Å². The Bertz CT molecular complexity index is 611. The van der Waals surface area contributed by atoms with E-state index in [-0.39, 0.29) is 6.10 Å². The van der Waals surface area contributed by atoms with E-state index in [1.54, 1.807) is 17.7 Å². The minimum atomic E-state index is -0.0958. The predicted octanol–water partition coefficient (Wildman–Crippen LogP) is 1.82. The second kappa shape index (κ2) is 3.65. The standard InChI is InChI=1S/C13H15N3OS/c1-7-2-9-12(14-6-15-13(9)18-7)16-4-8-3-11(17)10(8)5-16/h2,6,8,10-11,17H,3-5H2,1H3/t8-,10+,11-/m1/s1. The number of thiophene rings is 1. The molecular formula is C13H15N3OS. The fourth-order valence-electron chi connectivity index (χ4n) is 3.26. The van der Waals surface area contributed by atoms with Gasteiger partial charge in [0.25, 0.3) is 0 Å². The molecule has 1 saturated heterocycles. The van der Waals surface area contributed by atoms with Gasteiger partial charge in [-0.3, -0.25) is 0 Å². The van der Waals surface area contributed by atoms with Gasteiger partial charge in [-0.25, -0.2) is 9.97 Å². The summed E-state index contributed by atoms with van der Waals surface area (Å²) >= 11 is 1.72. The molecule has 0 unspecified atom stereocenters. The van der Waals surface area contributed by atoms with Crippen molar-refractivity contribution in [2.75, 3.05) is 18.0 Å². The first-order chi connectivity index (χ1) is 8.72. The molecule has 0 bridgehead atoms. The fraction of sp³-hybridized carbons (Fsp3) is 0.538. The maximum Gasteiger partial charge on any atom is 0.140 e. The maximum atomic E-state index is 9.74. The van der Waals surface area contributed by atoms with Gasteiger partial charge in [0.15, 0.2) is 0 Å². The Morgan fingerprint density at radius 3 is 3.06 bits per heavy atom. The molecule has 0 radical (unpaired) electrons. The molecule has 1 saturated carbocycles. The van der Waals surface area contributed by atoms with Crippen molar-refractivity contribution in [2.24, 2.45) is 11.8 Å². The van der Waals surface area contributed by atoms with Gasteiger partial charge in [-0.15, -0.1) is 11.3 Å². The number of aryl methyl sites for hydroxylation is 1. The number of hydrogen-bond donors (Lipinski definition) is 1. The van der Waals surface area contributed by atoms with Gasteiger partial charge in [0, 0.05) is 23.9 Å². The molecule has 4 nitrogen and oxygen atoms in total. The number of fused-ring (bicyclic) bond motifs is 2. The summed E-state index contributed by atoms with van der Waals surface area (Å²) in [6.07, 6.45) is 2.52. The minimum Gasteiger partial charge on any atom is -0.393 e. The zero-order valence-corrected chi connectivity index (χ0v) is 11.0. The van der Waals surface area contributed by atoms with Crippen LogP contribution in [0.25, 0.3) is 10.2 Å². The smallest absolute Gasteiger partial charge is 0.140 e. The summed E-state index contributed by atoms with van der Waals surface area (Å²) in [5, 5.41) is 10.9. The summed E-state index contributed by atoms with van der Waals surface area (Å²) in [6, 6.07) is 2.17. The molecule has 1 aliphatic heterocycles. The molecule has 1 aliphatic carbocycles. The average Bonchev–Trinajstić information content (AvgIpc) is 2.87. The SMILES string of the molecule is Cc1cc2c(N3C[C@H]4C[C@@H](O)[C@H]4C3)ncnc2s1. The van der Waals surface area contributed by atoms with Crippen LogP contribution < -0.4 is 4.90 Å². The zero-order valence-electron chi connectivity index (χ0n) is 10.2. The predicted molar refractivity (Wildman–Crippen MR) is 72.0 cm³/mol. The topological polar surface area (TPSA) is 49.2 Å². The van der Waals surface area contributed by atoms with E-state index >= 15 is 0 Å². The van der Waals surface area contributed by atoms with E-state index in [2.05, 4.69) is 27.9 Å². The van der Waals surface area contributed by atoms with Crippen molar-refractivity contribution >= 4 is 27.4 Å². The van der Waals surface area contributed by atoms with Gasteiger partial charge in [0.05, 0.1) is 11.5 Å². The van der Waals surface area contributed by atoms with Crippen LogP contribution in [0.2, 0.25) is 0 Å². The lowest BCUT2D eigenvalue weighted by atomic mass is 9.74. The highest BCUT2D eigenvalue weighted by Crippen LogP contribution is 2.43. The molecule has 2 aromatic heterocycles. The van der Waals surface area contributed by atoms with Crippen molar-refractivity contribution in [3.63, 3.8) is 0 Å². The van der Waals surface area contributed by atoms with Crippen LogP contribution in [-0.4, -0.2) is 34.3 Å². The molecule has 2 fully saturated rings. The fourth-order valence-corrected chi connectivity index (χ4v) is 4.10. The average molecular weight is 261 g/mol. The van der Waals surface area contributed by atoms with Crippen molar-refractivity contribution in [1.82, 2.24) is 9.97 Å². The summed E-state index contributed by atoms with van der Waals surface area (Å²) in [4.78, 5) is 13.5. The van der Waals surface area contributed by atoms with E-state index in [4.69, 9.17) is 0 Å². The summed E-state index contributed by atoms with van der Waals surface area (Å²) < 4.78 is 0. The lowest BCUT2D eigenvalue weighted by Gasteiger charge is -2.34. The number of rotatable bonds is 1. The van der Waals surface area contributed by atoms with E-state index < -0.39 is 0 Å². The molecule has 2 aliphatic rings. The first kappa shape index (κ1) is 10.7. The Kier molecular flexibility index (Phi) is 2.17. The lowest BCUT2D eigenvalue weighted by Crippen LogP contribution is -2.39. The molecule has 0 aromatic carbocycles. The Labute approximate surface area is 109 Å². The molecule has 2 aromatic rings. The van der Waals surface area contributed by atoms with Crippen molar-refractivity contribution in [1.29, 1.82) is 0 Å². The van der Waals surface area contributed by atoms with E-state index in [1.165, 1.54) is 4.88 Å². The van der Waals surface area contributed by atoms with E-state index in [0.717, 1.165) is 35.5 Å². The molecule has 18 heavy (non-hydrogen) atoms.